The third kappa shape index (κ3) is 5.08. The van der Waals surface area contributed by atoms with E-state index in [4.69, 9.17) is 0 Å². The first-order valence-electron chi connectivity index (χ1n) is 5.97. The summed E-state index contributed by atoms with van der Waals surface area (Å²) in [5.41, 5.74) is 4.70. The van der Waals surface area contributed by atoms with Gasteiger partial charge in [0.15, 0.2) is 0 Å². The quantitative estimate of drug-likeness (QED) is 0.583. The Kier molecular flexibility index (Phi) is 11.4. The molecule has 4 heteroatoms. The normalized spacial score (nSPS) is 19.0. The van der Waals surface area contributed by atoms with E-state index < -0.39 is 0 Å². The summed E-state index contributed by atoms with van der Waals surface area (Å²) in [5.74, 6) is 0.708. The van der Waals surface area contributed by atoms with Gasteiger partial charge >= 0.3 is 104 Å². The van der Waals surface area contributed by atoms with Crippen LogP contribution in [0.2, 0.25) is 0 Å². The molecule has 1 aliphatic rings. The van der Waals surface area contributed by atoms with Crippen LogP contribution < -0.4 is 3.80 Å². The van der Waals surface area contributed by atoms with Crippen molar-refractivity contribution in [3.05, 3.63) is 20.6 Å². The summed E-state index contributed by atoms with van der Waals surface area (Å²) in [7, 11) is 0. The third-order valence-electron chi connectivity index (χ3n) is 3.52. The van der Waals surface area contributed by atoms with Crippen LogP contribution in [0, 0.1) is 5.92 Å². The predicted octanol–water partition coefficient (Wildman–Crippen LogP) is 4.48. The van der Waals surface area contributed by atoms with Gasteiger partial charge in [0.1, 0.15) is 0 Å². The van der Waals surface area contributed by atoms with E-state index in [-0.39, 0.29) is 44.2 Å². The van der Waals surface area contributed by atoms with Gasteiger partial charge in [-0.1, -0.05) is 0 Å². The Bertz CT molecular complexity index is 298. The molecule has 0 fully saturated rings. The second-order valence-corrected chi connectivity index (χ2v) is 6.26. The number of rotatable bonds is 5. The molecule has 17 heavy (non-hydrogen) atoms. The van der Waals surface area contributed by atoms with Crippen molar-refractivity contribution in [3.63, 3.8) is 0 Å². The maximum absolute atomic E-state index is 3.67. The van der Waals surface area contributed by atoms with E-state index >= 15 is 0 Å². The third-order valence-corrected chi connectivity index (χ3v) is 5.87. The van der Waals surface area contributed by atoms with Crippen molar-refractivity contribution in [1.82, 2.24) is 3.80 Å². The number of halogens is 2. The van der Waals surface area contributed by atoms with E-state index in [0.717, 1.165) is 0 Å². The van der Waals surface area contributed by atoms with Crippen molar-refractivity contribution in [2.75, 3.05) is 6.54 Å². The van der Waals surface area contributed by atoms with Crippen molar-refractivity contribution < 1.29 is 19.4 Å². The number of unbranched alkanes of at least 4 members (excludes halogenated alkanes) is 1. The molecule has 1 rings (SSSR count). The van der Waals surface area contributed by atoms with Gasteiger partial charge in [-0.15, -0.1) is 24.8 Å². The molecule has 0 aromatic heterocycles. The van der Waals surface area contributed by atoms with Gasteiger partial charge < -0.3 is 0 Å². The molecule has 1 aliphatic carbocycles. The largest absolute Gasteiger partial charge is 0.147 e. The molecule has 0 saturated heterocycles. The molecule has 1 nitrogen and oxygen atoms in total. The van der Waals surface area contributed by atoms with Crippen LogP contribution in [0.5, 0.6) is 0 Å². The molecule has 1 N–H and O–H groups in total. The molecule has 0 aliphatic heterocycles. The smallest absolute Gasteiger partial charge is 0.147 e. The molecule has 0 aromatic carbocycles. The predicted molar refractivity (Wildman–Crippen MR) is 77.6 cm³/mol. The van der Waals surface area contributed by atoms with Crippen LogP contribution in [0.3, 0.4) is 0 Å². The molecule has 0 heterocycles. The minimum Gasteiger partial charge on any atom is -0.147 e. The van der Waals surface area contributed by atoms with Gasteiger partial charge in [-0.05, 0) is 0 Å². The molecule has 0 saturated carbocycles. The van der Waals surface area contributed by atoms with Crippen LogP contribution in [-0.4, -0.2) is 6.54 Å². The average Bonchev–Trinajstić information content (AvgIpc) is 2.41. The second-order valence-electron chi connectivity index (χ2n) is 4.47. The first-order chi connectivity index (χ1) is 7.09. The maximum Gasteiger partial charge on any atom is -0.147 e. The number of hydrogen-bond acceptors (Lipinski definition) is 1. The zero-order valence-electron chi connectivity index (χ0n) is 11.5. The molecular formula is C13H25Cl2NTi. The van der Waals surface area contributed by atoms with E-state index in [9.17, 15) is 0 Å². The second kappa shape index (κ2) is 9.64. The Morgan fingerprint density at radius 3 is 2.12 bits per heavy atom. The molecule has 100 valence electrons. The molecule has 0 amide bonds. The van der Waals surface area contributed by atoms with Crippen LogP contribution in [0.25, 0.3) is 0 Å². The van der Waals surface area contributed by atoms with E-state index in [1.165, 1.54) is 19.4 Å². The fraction of sp³-hybridized carbons (Fsp3) is 0.692. The molecule has 0 radical (unpaired) electrons. The van der Waals surface area contributed by atoms with Gasteiger partial charge in [-0.25, -0.2) is 0 Å². The van der Waals surface area contributed by atoms with Crippen LogP contribution in [0.4, 0.5) is 0 Å². The van der Waals surface area contributed by atoms with Crippen molar-refractivity contribution in [1.29, 1.82) is 0 Å². The Balaban J connectivity index is 0. The summed E-state index contributed by atoms with van der Waals surface area (Å²) in [6.45, 7) is 12.7. The molecule has 0 spiro atoms. The first-order valence-corrected chi connectivity index (χ1v) is 7.53. The molecule has 1 unspecified atom stereocenters. The number of allylic oxidation sites excluding steroid dienone is 4. The van der Waals surface area contributed by atoms with Crippen molar-refractivity contribution in [3.8, 4) is 0 Å². The summed E-state index contributed by atoms with van der Waals surface area (Å²) in [5, 5.41) is 0. The number of hydrogen-bond donors (Lipinski definition) is 1. The molecular weight excluding hydrogens is 289 g/mol. The Hall–Kier alpha value is 0.734. The monoisotopic (exact) mass is 313 g/mol. The minimum absolute atomic E-state index is 0. The van der Waals surface area contributed by atoms with Gasteiger partial charge in [-0.3, -0.25) is 0 Å². The molecule has 1 atom stereocenters. The Morgan fingerprint density at radius 2 is 1.71 bits per heavy atom. The van der Waals surface area contributed by atoms with Gasteiger partial charge in [0.2, 0.25) is 0 Å². The zero-order valence-corrected chi connectivity index (χ0v) is 14.7. The fourth-order valence-electron chi connectivity index (χ4n) is 1.99. The van der Waals surface area contributed by atoms with E-state index in [1.807, 2.05) is 0 Å². The first kappa shape index (κ1) is 20.1. The fourth-order valence-corrected chi connectivity index (χ4v) is 4.02. The van der Waals surface area contributed by atoms with E-state index in [0.29, 0.717) is 5.92 Å². The topological polar surface area (TPSA) is 12.0 Å². The average molecular weight is 314 g/mol. The molecule has 0 bridgehead atoms. The van der Waals surface area contributed by atoms with Gasteiger partial charge in [0.25, 0.3) is 0 Å². The van der Waals surface area contributed by atoms with Crippen LogP contribution in [-0.2, 0) is 19.4 Å². The summed E-state index contributed by atoms with van der Waals surface area (Å²) in [4.78, 5) is 0. The van der Waals surface area contributed by atoms with Crippen LogP contribution in [0.15, 0.2) is 20.6 Å². The van der Waals surface area contributed by atoms with Crippen molar-refractivity contribution in [2.24, 2.45) is 5.92 Å². The van der Waals surface area contributed by atoms with Gasteiger partial charge in [-0.2, -0.15) is 0 Å². The summed E-state index contributed by atoms with van der Waals surface area (Å²) in [6.07, 6.45) is 2.61. The van der Waals surface area contributed by atoms with Gasteiger partial charge in [0, 0.05) is 0 Å². The summed E-state index contributed by atoms with van der Waals surface area (Å²) < 4.78 is 5.39. The van der Waals surface area contributed by atoms with Crippen molar-refractivity contribution >= 4 is 24.8 Å². The summed E-state index contributed by atoms with van der Waals surface area (Å²) >= 11 is -0.0757. The number of nitrogens with one attached hydrogen (secondary N) is 1. The van der Waals surface area contributed by atoms with Gasteiger partial charge in [0.05, 0.1) is 0 Å². The Labute approximate surface area is 128 Å². The standard InChI is InChI=1S/C9H13.C4H10N.2ClH.Ti/c1-6-5-7(2)9(4)8(6)3;1-2-3-4-5;;;/h6H,1-4H3;5H,2-4H2,1H3;2*1H;/q;-1;;;+1. The Morgan fingerprint density at radius 1 is 1.12 bits per heavy atom. The van der Waals surface area contributed by atoms with Crippen LogP contribution >= 0.6 is 24.8 Å². The summed E-state index contributed by atoms with van der Waals surface area (Å²) in [6, 6.07) is 0. The maximum atomic E-state index is 3.67. The molecule has 0 aromatic rings. The van der Waals surface area contributed by atoms with E-state index in [1.54, 1.807) is 20.6 Å². The SMILES string of the molecule is CCCC[NH][Ti][C]1=C(C)C(C)=C(C)C1C.Cl.Cl. The zero-order chi connectivity index (χ0) is 11.4. The van der Waals surface area contributed by atoms with E-state index in [2.05, 4.69) is 38.4 Å². The van der Waals surface area contributed by atoms with Crippen LogP contribution in [0.1, 0.15) is 47.5 Å². The minimum atomic E-state index is -0.0757. The van der Waals surface area contributed by atoms with Crippen molar-refractivity contribution in [2.45, 2.75) is 47.5 Å².